The van der Waals surface area contributed by atoms with Crippen molar-refractivity contribution in [1.82, 2.24) is 0 Å². The van der Waals surface area contributed by atoms with Gasteiger partial charge in [0.1, 0.15) is 12.4 Å². The molecule has 0 atom stereocenters. The minimum atomic E-state index is -0.939. The third kappa shape index (κ3) is 4.30. The van der Waals surface area contributed by atoms with E-state index in [-0.39, 0.29) is 6.61 Å². The Labute approximate surface area is 123 Å². The summed E-state index contributed by atoms with van der Waals surface area (Å²) in [5.74, 6) is 0.991. The van der Waals surface area contributed by atoms with Crippen LogP contribution in [0.4, 0.5) is 0 Å². The van der Waals surface area contributed by atoms with Crippen LogP contribution in [0.1, 0.15) is 13.3 Å². The van der Waals surface area contributed by atoms with Gasteiger partial charge in [0.05, 0.1) is 21.3 Å². The van der Waals surface area contributed by atoms with Crippen molar-refractivity contribution in [2.24, 2.45) is 0 Å². The van der Waals surface area contributed by atoms with E-state index in [1.165, 1.54) is 27.4 Å². The van der Waals surface area contributed by atoms with Crippen molar-refractivity contribution in [2.75, 3.05) is 27.9 Å². The van der Waals surface area contributed by atoms with Crippen molar-refractivity contribution < 1.29 is 28.8 Å². The molecule has 0 aliphatic rings. The molecule has 0 bridgehead atoms. The number of methoxy groups -OCH3 is 3. The predicted octanol–water partition coefficient (Wildman–Crippen LogP) is 2.51. The lowest BCUT2D eigenvalue weighted by molar-refractivity contribution is -0.132. The van der Waals surface area contributed by atoms with Crippen molar-refractivity contribution in [3.8, 4) is 23.0 Å². The van der Waals surface area contributed by atoms with Gasteiger partial charge in [-0.25, -0.2) is 4.79 Å². The van der Waals surface area contributed by atoms with Gasteiger partial charge in [0.15, 0.2) is 11.5 Å². The van der Waals surface area contributed by atoms with E-state index in [2.05, 4.69) is 0 Å². The summed E-state index contributed by atoms with van der Waals surface area (Å²) in [7, 11) is 4.55. The molecule has 0 saturated carbocycles. The average Bonchev–Trinajstić information content (AvgIpc) is 2.49. The zero-order valence-corrected chi connectivity index (χ0v) is 12.6. The standard InChI is InChI=1S/C15H20O6/c1-5-10(15(16)17)6-7-21-11-8-12(18-2)14(20-4)13(9-11)19-3/h6,8-9H,5,7H2,1-4H3,(H,16,17)/b10-6-. The Balaban J connectivity index is 2.92. The van der Waals surface area contributed by atoms with E-state index in [4.69, 9.17) is 24.1 Å². The fraction of sp³-hybridized carbons (Fsp3) is 0.400. The first kappa shape index (κ1) is 16.7. The molecule has 1 aromatic rings. The molecule has 0 aromatic heterocycles. The summed E-state index contributed by atoms with van der Waals surface area (Å²) in [6.45, 7) is 1.92. The molecule has 0 amide bonds. The molecule has 1 aromatic carbocycles. The Morgan fingerprint density at radius 2 is 1.71 bits per heavy atom. The third-order valence-electron chi connectivity index (χ3n) is 2.87. The Hall–Kier alpha value is -2.37. The van der Waals surface area contributed by atoms with Crippen LogP contribution in [0.2, 0.25) is 0 Å². The van der Waals surface area contributed by atoms with Crippen molar-refractivity contribution in [1.29, 1.82) is 0 Å². The fourth-order valence-corrected chi connectivity index (χ4v) is 1.76. The van der Waals surface area contributed by atoms with Gasteiger partial charge in [-0.1, -0.05) is 6.92 Å². The smallest absolute Gasteiger partial charge is 0.331 e. The summed E-state index contributed by atoms with van der Waals surface area (Å²) in [5, 5.41) is 8.92. The van der Waals surface area contributed by atoms with Crippen molar-refractivity contribution >= 4 is 5.97 Å². The van der Waals surface area contributed by atoms with E-state index in [1.807, 2.05) is 0 Å². The van der Waals surface area contributed by atoms with Crippen LogP contribution >= 0.6 is 0 Å². The number of carboxylic acid groups (broad SMARTS) is 1. The molecule has 0 radical (unpaired) electrons. The molecule has 0 fully saturated rings. The van der Waals surface area contributed by atoms with E-state index in [1.54, 1.807) is 19.1 Å². The van der Waals surface area contributed by atoms with Gasteiger partial charge < -0.3 is 24.1 Å². The van der Waals surface area contributed by atoms with Crippen LogP contribution in [0.3, 0.4) is 0 Å². The number of aliphatic carboxylic acids is 1. The van der Waals surface area contributed by atoms with Gasteiger partial charge in [-0.3, -0.25) is 0 Å². The maximum Gasteiger partial charge on any atom is 0.331 e. The van der Waals surface area contributed by atoms with Gasteiger partial charge in [0.2, 0.25) is 5.75 Å². The van der Waals surface area contributed by atoms with Gasteiger partial charge in [0.25, 0.3) is 0 Å². The highest BCUT2D eigenvalue weighted by molar-refractivity contribution is 5.86. The minimum Gasteiger partial charge on any atom is -0.493 e. The lowest BCUT2D eigenvalue weighted by Crippen LogP contribution is -2.03. The number of rotatable bonds is 8. The van der Waals surface area contributed by atoms with Gasteiger partial charge in [-0.2, -0.15) is 0 Å². The molecule has 116 valence electrons. The van der Waals surface area contributed by atoms with Gasteiger partial charge in [-0.05, 0) is 12.5 Å². The number of benzene rings is 1. The highest BCUT2D eigenvalue weighted by Gasteiger charge is 2.13. The Bertz CT molecular complexity index is 496. The van der Waals surface area contributed by atoms with Gasteiger partial charge >= 0.3 is 5.97 Å². The molecule has 0 saturated heterocycles. The molecule has 21 heavy (non-hydrogen) atoms. The number of carboxylic acids is 1. The zero-order chi connectivity index (χ0) is 15.8. The highest BCUT2D eigenvalue weighted by Crippen LogP contribution is 2.40. The first-order valence-corrected chi connectivity index (χ1v) is 6.42. The van der Waals surface area contributed by atoms with E-state index < -0.39 is 5.97 Å². The number of carbonyl (C=O) groups is 1. The second-order valence-corrected chi connectivity index (χ2v) is 4.06. The second-order valence-electron chi connectivity index (χ2n) is 4.06. The van der Waals surface area contributed by atoms with E-state index in [0.29, 0.717) is 35.0 Å². The van der Waals surface area contributed by atoms with Crippen LogP contribution in [0.5, 0.6) is 23.0 Å². The molecule has 6 nitrogen and oxygen atoms in total. The molecular formula is C15H20O6. The molecule has 6 heteroatoms. The molecule has 0 aliphatic heterocycles. The second kappa shape index (κ2) is 8.04. The van der Waals surface area contributed by atoms with Crippen molar-refractivity contribution in [2.45, 2.75) is 13.3 Å². The SMILES string of the molecule is CC/C(=C/COc1cc(OC)c(OC)c(OC)c1)C(=O)O. The first-order valence-electron chi connectivity index (χ1n) is 6.42. The van der Waals surface area contributed by atoms with Crippen LogP contribution in [0.15, 0.2) is 23.8 Å². The Kier molecular flexibility index (Phi) is 6.39. The van der Waals surface area contributed by atoms with Gasteiger partial charge in [0, 0.05) is 17.7 Å². The quantitative estimate of drug-likeness (QED) is 0.743. The van der Waals surface area contributed by atoms with Crippen LogP contribution in [-0.2, 0) is 4.79 Å². The van der Waals surface area contributed by atoms with Crippen LogP contribution in [0, 0.1) is 0 Å². The number of ether oxygens (including phenoxy) is 4. The summed E-state index contributed by atoms with van der Waals surface area (Å²) in [4.78, 5) is 10.9. The summed E-state index contributed by atoms with van der Waals surface area (Å²) in [6, 6.07) is 3.31. The Morgan fingerprint density at radius 1 is 1.14 bits per heavy atom. The third-order valence-corrected chi connectivity index (χ3v) is 2.87. The lowest BCUT2D eigenvalue weighted by Gasteiger charge is -2.14. The monoisotopic (exact) mass is 296 g/mol. The zero-order valence-electron chi connectivity index (χ0n) is 12.6. The van der Waals surface area contributed by atoms with Crippen LogP contribution in [-0.4, -0.2) is 39.0 Å². The molecule has 1 N–H and O–H groups in total. The minimum absolute atomic E-state index is 0.147. The number of hydrogen-bond donors (Lipinski definition) is 1. The summed E-state index contributed by atoms with van der Waals surface area (Å²) < 4.78 is 21.2. The normalized spacial score (nSPS) is 11.0. The van der Waals surface area contributed by atoms with Crippen LogP contribution in [0.25, 0.3) is 0 Å². The summed E-state index contributed by atoms with van der Waals surface area (Å²) in [6.07, 6.45) is 1.97. The van der Waals surface area contributed by atoms with Gasteiger partial charge in [-0.15, -0.1) is 0 Å². The molecule has 0 aliphatic carbocycles. The highest BCUT2D eigenvalue weighted by atomic mass is 16.5. The van der Waals surface area contributed by atoms with Crippen LogP contribution < -0.4 is 18.9 Å². The van der Waals surface area contributed by atoms with Crippen molar-refractivity contribution in [3.05, 3.63) is 23.8 Å². The predicted molar refractivity (Wildman–Crippen MR) is 77.6 cm³/mol. The molecule has 0 unspecified atom stereocenters. The average molecular weight is 296 g/mol. The largest absolute Gasteiger partial charge is 0.493 e. The summed E-state index contributed by atoms with van der Waals surface area (Å²) >= 11 is 0. The molecule has 0 heterocycles. The van der Waals surface area contributed by atoms with Crippen molar-refractivity contribution in [3.63, 3.8) is 0 Å². The Morgan fingerprint density at radius 3 is 2.10 bits per heavy atom. The van der Waals surface area contributed by atoms with E-state index in [9.17, 15) is 4.79 Å². The maximum atomic E-state index is 10.9. The topological polar surface area (TPSA) is 74.2 Å². The molecule has 0 spiro atoms. The fourth-order valence-electron chi connectivity index (χ4n) is 1.76. The van der Waals surface area contributed by atoms with E-state index in [0.717, 1.165) is 0 Å². The molecule has 1 rings (SSSR count). The van der Waals surface area contributed by atoms with E-state index >= 15 is 0 Å². The summed E-state index contributed by atoms with van der Waals surface area (Å²) in [5.41, 5.74) is 0.308. The molecular weight excluding hydrogens is 276 g/mol. The number of hydrogen-bond acceptors (Lipinski definition) is 5. The maximum absolute atomic E-state index is 10.9. The lowest BCUT2D eigenvalue weighted by atomic mass is 10.2. The first-order chi connectivity index (χ1) is 10.1.